The van der Waals surface area contributed by atoms with Crippen LogP contribution in [0.15, 0.2) is 29.3 Å². The fourth-order valence-corrected chi connectivity index (χ4v) is 3.36. The molecule has 3 N–H and O–H groups in total. The zero-order chi connectivity index (χ0) is 20.8. The number of aliphatic imine (C=N–C) groups is 1. The molecule has 7 heteroatoms. The predicted octanol–water partition coefficient (Wildman–Crippen LogP) is 2.08. The van der Waals surface area contributed by atoms with Gasteiger partial charge in [0.15, 0.2) is 5.96 Å². The summed E-state index contributed by atoms with van der Waals surface area (Å²) in [7, 11) is 0. The normalized spacial score (nSPS) is 19.5. The van der Waals surface area contributed by atoms with Crippen molar-refractivity contribution in [2.24, 2.45) is 10.4 Å². The third kappa shape index (κ3) is 8.70. The fourth-order valence-electron chi connectivity index (χ4n) is 3.36. The van der Waals surface area contributed by atoms with Crippen LogP contribution in [0, 0.1) is 5.41 Å². The molecule has 1 aromatic rings. The van der Waals surface area contributed by atoms with Gasteiger partial charge in [0.25, 0.3) is 0 Å². The molecule has 7 nitrogen and oxygen atoms in total. The van der Waals surface area contributed by atoms with E-state index >= 15 is 0 Å². The van der Waals surface area contributed by atoms with E-state index in [1.807, 2.05) is 13.0 Å². The highest BCUT2D eigenvalue weighted by Gasteiger charge is 2.34. The first-order chi connectivity index (χ1) is 14.2. The molecule has 164 valence electrons. The minimum absolute atomic E-state index is 0.0102. The minimum atomic E-state index is -0.0102. The average molecular weight is 408 g/mol. The van der Waals surface area contributed by atoms with Gasteiger partial charge in [0.05, 0.1) is 33.0 Å². The van der Waals surface area contributed by atoms with Crippen LogP contribution < -0.4 is 10.6 Å². The van der Waals surface area contributed by atoms with Crippen molar-refractivity contribution in [3.05, 3.63) is 35.4 Å². The summed E-state index contributed by atoms with van der Waals surface area (Å²) in [6.07, 6.45) is 1.70. The van der Waals surface area contributed by atoms with Crippen molar-refractivity contribution < 1.29 is 19.3 Å². The molecule has 1 aliphatic rings. The highest BCUT2D eigenvalue weighted by molar-refractivity contribution is 5.79. The van der Waals surface area contributed by atoms with Crippen LogP contribution in [-0.4, -0.2) is 63.8 Å². The predicted molar refractivity (Wildman–Crippen MR) is 115 cm³/mol. The van der Waals surface area contributed by atoms with Crippen molar-refractivity contribution >= 4 is 5.96 Å². The van der Waals surface area contributed by atoms with Crippen LogP contribution in [0.1, 0.15) is 37.8 Å². The Bertz CT molecular complexity index is 603. The van der Waals surface area contributed by atoms with Crippen LogP contribution in [0.4, 0.5) is 0 Å². The Morgan fingerprint density at radius 2 is 2.03 bits per heavy atom. The maximum Gasteiger partial charge on any atom is 0.191 e. The summed E-state index contributed by atoms with van der Waals surface area (Å²) in [4.78, 5) is 4.73. The zero-order valence-electron chi connectivity index (χ0n) is 17.9. The van der Waals surface area contributed by atoms with Crippen molar-refractivity contribution in [3.63, 3.8) is 0 Å². The Morgan fingerprint density at radius 1 is 1.21 bits per heavy atom. The van der Waals surface area contributed by atoms with E-state index in [2.05, 4.69) is 35.8 Å². The molecule has 1 aromatic carbocycles. The molecule has 1 saturated heterocycles. The zero-order valence-corrected chi connectivity index (χ0v) is 17.9. The summed E-state index contributed by atoms with van der Waals surface area (Å²) in [5.74, 6) is 0.787. The first-order valence-corrected chi connectivity index (χ1v) is 10.7. The molecule has 29 heavy (non-hydrogen) atoms. The molecule has 1 aliphatic heterocycles. The maximum atomic E-state index is 9.40. The Balaban J connectivity index is 1.87. The van der Waals surface area contributed by atoms with Gasteiger partial charge in [-0.25, -0.2) is 4.99 Å². The highest BCUT2D eigenvalue weighted by atomic mass is 16.5. The molecule has 1 atom stereocenters. The number of ether oxygens (including phenoxy) is 3. The van der Waals surface area contributed by atoms with Gasteiger partial charge in [-0.05, 0) is 37.8 Å². The Labute approximate surface area is 174 Å². The smallest absolute Gasteiger partial charge is 0.191 e. The van der Waals surface area contributed by atoms with E-state index in [9.17, 15) is 5.11 Å². The maximum absolute atomic E-state index is 9.40. The molecule has 2 rings (SSSR count). The van der Waals surface area contributed by atoms with Crippen molar-refractivity contribution in [3.8, 4) is 0 Å². The number of guanidine groups is 1. The minimum Gasteiger partial charge on any atom is -0.396 e. The van der Waals surface area contributed by atoms with Gasteiger partial charge in [0.1, 0.15) is 0 Å². The van der Waals surface area contributed by atoms with Crippen LogP contribution >= 0.6 is 0 Å². The number of aliphatic hydroxyl groups excluding tert-OH is 1. The average Bonchev–Trinajstić information content (AvgIpc) is 3.19. The Hall–Kier alpha value is -1.67. The second kappa shape index (κ2) is 13.5. The lowest BCUT2D eigenvalue weighted by Gasteiger charge is -2.27. The van der Waals surface area contributed by atoms with Gasteiger partial charge in [0, 0.05) is 38.3 Å². The highest BCUT2D eigenvalue weighted by Crippen LogP contribution is 2.31. The summed E-state index contributed by atoms with van der Waals surface area (Å²) in [6.45, 7) is 10.3. The van der Waals surface area contributed by atoms with E-state index < -0.39 is 0 Å². The second-order valence-electron chi connectivity index (χ2n) is 7.39. The lowest BCUT2D eigenvalue weighted by molar-refractivity contribution is 0.0453. The van der Waals surface area contributed by atoms with Gasteiger partial charge in [-0.1, -0.05) is 24.3 Å². The summed E-state index contributed by atoms with van der Waals surface area (Å²) in [5.41, 5.74) is 2.27. The number of hydrogen-bond acceptors (Lipinski definition) is 5. The van der Waals surface area contributed by atoms with E-state index in [4.69, 9.17) is 19.2 Å². The third-order valence-electron chi connectivity index (χ3n) is 5.06. The molecule has 0 bridgehead atoms. The van der Waals surface area contributed by atoms with Crippen molar-refractivity contribution in [1.29, 1.82) is 0 Å². The van der Waals surface area contributed by atoms with E-state index in [1.165, 1.54) is 0 Å². The largest absolute Gasteiger partial charge is 0.396 e. The molecule has 0 aromatic heterocycles. The molecule has 0 spiro atoms. The monoisotopic (exact) mass is 407 g/mol. The van der Waals surface area contributed by atoms with Gasteiger partial charge in [-0.15, -0.1) is 0 Å². The standard InChI is InChI=1S/C22H37N3O4/c1-3-23-21(25-17-22(8-10-26)9-11-29-18-22)24-15-19-6-5-7-20(14-19)16-28-13-12-27-4-2/h5-7,14,26H,3-4,8-13,15-18H2,1-2H3,(H2,23,24,25). The molecule has 1 unspecified atom stereocenters. The number of benzene rings is 1. The second-order valence-corrected chi connectivity index (χ2v) is 7.39. The van der Waals surface area contributed by atoms with Gasteiger partial charge < -0.3 is 30.0 Å². The lowest BCUT2D eigenvalue weighted by Crippen LogP contribution is -2.44. The van der Waals surface area contributed by atoms with E-state index in [0.717, 1.165) is 49.6 Å². The van der Waals surface area contributed by atoms with Crippen LogP contribution in [0.25, 0.3) is 0 Å². The van der Waals surface area contributed by atoms with E-state index in [-0.39, 0.29) is 12.0 Å². The Kier molecular flexibility index (Phi) is 11.0. The van der Waals surface area contributed by atoms with Gasteiger partial charge >= 0.3 is 0 Å². The first kappa shape index (κ1) is 23.6. The van der Waals surface area contributed by atoms with Crippen molar-refractivity contribution in [2.45, 2.75) is 39.8 Å². The summed E-state index contributed by atoms with van der Waals surface area (Å²) >= 11 is 0. The van der Waals surface area contributed by atoms with Gasteiger partial charge in [-0.2, -0.15) is 0 Å². The molecular weight excluding hydrogens is 370 g/mol. The summed E-state index contributed by atoms with van der Waals surface area (Å²) < 4.78 is 16.5. The van der Waals surface area contributed by atoms with Gasteiger partial charge in [0.2, 0.25) is 0 Å². The number of aliphatic hydroxyl groups is 1. The molecule has 0 amide bonds. The van der Waals surface area contributed by atoms with Crippen LogP contribution in [0.2, 0.25) is 0 Å². The van der Waals surface area contributed by atoms with Gasteiger partial charge in [-0.3, -0.25) is 0 Å². The fraction of sp³-hybridized carbons (Fsp3) is 0.682. The Morgan fingerprint density at radius 3 is 2.76 bits per heavy atom. The number of hydrogen-bond donors (Lipinski definition) is 3. The molecular formula is C22H37N3O4. The molecule has 0 aliphatic carbocycles. The first-order valence-electron chi connectivity index (χ1n) is 10.7. The summed E-state index contributed by atoms with van der Waals surface area (Å²) in [6, 6.07) is 8.31. The molecule has 0 radical (unpaired) electrons. The topological polar surface area (TPSA) is 84.3 Å². The lowest BCUT2D eigenvalue weighted by atomic mass is 9.84. The summed E-state index contributed by atoms with van der Waals surface area (Å²) in [5, 5.41) is 16.1. The molecule has 1 heterocycles. The van der Waals surface area contributed by atoms with Crippen LogP contribution in [0.3, 0.4) is 0 Å². The molecule has 1 fully saturated rings. The van der Waals surface area contributed by atoms with Crippen LogP contribution in [0.5, 0.6) is 0 Å². The number of rotatable bonds is 13. The van der Waals surface area contributed by atoms with Crippen LogP contribution in [-0.2, 0) is 27.4 Å². The van der Waals surface area contributed by atoms with Crippen molar-refractivity contribution in [2.75, 3.05) is 52.7 Å². The third-order valence-corrected chi connectivity index (χ3v) is 5.06. The van der Waals surface area contributed by atoms with E-state index in [0.29, 0.717) is 39.6 Å². The number of nitrogens with zero attached hydrogens (tertiary/aromatic N) is 1. The van der Waals surface area contributed by atoms with Crippen molar-refractivity contribution in [1.82, 2.24) is 10.6 Å². The molecule has 0 saturated carbocycles. The SMILES string of the molecule is CCNC(=NCc1cccc(COCCOCC)c1)NCC1(CCO)CCOC1. The quantitative estimate of drug-likeness (QED) is 0.264. The number of nitrogens with one attached hydrogen (secondary N) is 2. The van der Waals surface area contributed by atoms with E-state index in [1.54, 1.807) is 0 Å².